The molecule has 0 fully saturated rings. The summed E-state index contributed by atoms with van der Waals surface area (Å²) >= 11 is 0. The number of nitrogens with two attached hydrogens (primary N) is 1. The van der Waals surface area contributed by atoms with Crippen LogP contribution in [0.2, 0.25) is 18.1 Å². The molecule has 1 heterocycles. The number of hydrogen-bond donors (Lipinski definition) is 1. The third-order valence-electron chi connectivity index (χ3n) is 4.42. The molecule has 22 heavy (non-hydrogen) atoms. The summed E-state index contributed by atoms with van der Waals surface area (Å²) in [4.78, 5) is 2.12. The Labute approximate surface area is 135 Å². The van der Waals surface area contributed by atoms with Crippen molar-refractivity contribution in [3.8, 4) is 0 Å². The average molecular weight is 317 g/mol. The van der Waals surface area contributed by atoms with Gasteiger partial charge in [-0.2, -0.15) is 0 Å². The van der Waals surface area contributed by atoms with E-state index in [1.54, 1.807) is 0 Å². The smallest absolute Gasteiger partial charge is 0.250 e. The molecule has 1 aliphatic heterocycles. The first kappa shape index (κ1) is 16.7. The molecule has 0 spiro atoms. The van der Waals surface area contributed by atoms with E-state index in [1.165, 1.54) is 5.56 Å². The SMILES string of the molecule is CC(C)(C)[Si](C)(C)OC1=CN(Cc2ccccc2)C=C(N)C1. The monoisotopic (exact) mass is 316 g/mol. The van der Waals surface area contributed by atoms with Gasteiger partial charge in [-0.15, -0.1) is 0 Å². The van der Waals surface area contributed by atoms with Crippen LogP contribution in [0.25, 0.3) is 0 Å². The molecule has 0 atom stereocenters. The van der Waals surface area contributed by atoms with Gasteiger partial charge in [0.15, 0.2) is 0 Å². The van der Waals surface area contributed by atoms with E-state index in [1.807, 2.05) is 12.3 Å². The van der Waals surface area contributed by atoms with Gasteiger partial charge in [-0.1, -0.05) is 51.1 Å². The molecular formula is C18H28N2OSi. The third-order valence-corrected chi connectivity index (χ3v) is 8.81. The lowest BCUT2D eigenvalue weighted by atomic mass is 10.2. The van der Waals surface area contributed by atoms with E-state index in [4.69, 9.17) is 10.2 Å². The van der Waals surface area contributed by atoms with Crippen molar-refractivity contribution in [2.75, 3.05) is 0 Å². The molecule has 120 valence electrons. The molecule has 2 rings (SSSR count). The van der Waals surface area contributed by atoms with Gasteiger partial charge in [0.2, 0.25) is 8.32 Å². The molecule has 1 aromatic rings. The summed E-state index contributed by atoms with van der Waals surface area (Å²) in [6.07, 6.45) is 4.81. The highest BCUT2D eigenvalue weighted by Gasteiger charge is 2.39. The van der Waals surface area contributed by atoms with E-state index >= 15 is 0 Å². The largest absolute Gasteiger partial charge is 0.545 e. The standard InChI is InChI=1S/C18H28N2OSi/c1-18(2,3)22(4,5)21-17-11-16(19)13-20(14-17)12-15-9-7-6-8-10-15/h6-10,13-14H,11-12,19H2,1-5H3. The number of rotatable bonds is 4. The second-order valence-corrected chi connectivity index (χ2v) is 12.2. The van der Waals surface area contributed by atoms with Crippen molar-refractivity contribution in [1.82, 2.24) is 4.90 Å². The molecule has 0 unspecified atom stereocenters. The van der Waals surface area contributed by atoms with Crippen LogP contribution in [0.4, 0.5) is 0 Å². The van der Waals surface area contributed by atoms with Crippen LogP contribution < -0.4 is 5.73 Å². The Morgan fingerprint density at radius 1 is 1.14 bits per heavy atom. The predicted molar refractivity (Wildman–Crippen MR) is 95.2 cm³/mol. The second-order valence-electron chi connectivity index (χ2n) is 7.50. The Kier molecular flexibility index (Phi) is 4.71. The Hall–Kier alpha value is -1.68. The Morgan fingerprint density at radius 2 is 1.77 bits per heavy atom. The van der Waals surface area contributed by atoms with E-state index in [-0.39, 0.29) is 5.04 Å². The minimum absolute atomic E-state index is 0.189. The molecule has 0 aromatic heterocycles. The topological polar surface area (TPSA) is 38.5 Å². The van der Waals surface area contributed by atoms with Crippen molar-refractivity contribution in [2.45, 2.75) is 51.9 Å². The van der Waals surface area contributed by atoms with Gasteiger partial charge in [0.05, 0.1) is 0 Å². The summed E-state index contributed by atoms with van der Waals surface area (Å²) in [6.45, 7) is 12.1. The Balaban J connectivity index is 2.13. The van der Waals surface area contributed by atoms with Crippen LogP contribution in [-0.4, -0.2) is 13.2 Å². The van der Waals surface area contributed by atoms with Crippen molar-refractivity contribution < 1.29 is 4.43 Å². The summed E-state index contributed by atoms with van der Waals surface area (Å²) in [7, 11) is -1.82. The van der Waals surface area contributed by atoms with Crippen molar-refractivity contribution in [1.29, 1.82) is 0 Å². The molecule has 0 saturated carbocycles. The second kappa shape index (κ2) is 6.21. The molecule has 0 radical (unpaired) electrons. The van der Waals surface area contributed by atoms with E-state index in [2.05, 4.69) is 69.2 Å². The zero-order valence-electron chi connectivity index (χ0n) is 14.4. The normalized spacial score (nSPS) is 16.1. The number of nitrogens with zero attached hydrogens (tertiary/aromatic N) is 1. The van der Waals surface area contributed by atoms with Gasteiger partial charge in [0.25, 0.3) is 0 Å². The Bertz CT molecular complexity index is 570. The van der Waals surface area contributed by atoms with Gasteiger partial charge in [0, 0.05) is 31.1 Å². The molecule has 1 aromatic carbocycles. The van der Waals surface area contributed by atoms with Gasteiger partial charge in [-0.3, -0.25) is 0 Å². The van der Waals surface area contributed by atoms with Crippen molar-refractivity contribution in [2.24, 2.45) is 5.73 Å². The van der Waals surface area contributed by atoms with Gasteiger partial charge in [0.1, 0.15) is 5.76 Å². The zero-order valence-corrected chi connectivity index (χ0v) is 15.4. The minimum Gasteiger partial charge on any atom is -0.545 e. The highest BCUT2D eigenvalue weighted by Crippen LogP contribution is 2.39. The lowest BCUT2D eigenvalue weighted by Gasteiger charge is -2.38. The summed E-state index contributed by atoms with van der Waals surface area (Å²) in [5.41, 5.74) is 8.23. The molecule has 4 heteroatoms. The van der Waals surface area contributed by atoms with E-state index in [9.17, 15) is 0 Å². The highest BCUT2D eigenvalue weighted by atomic mass is 28.4. The molecule has 2 N–H and O–H groups in total. The first-order chi connectivity index (χ1) is 10.2. The minimum atomic E-state index is -1.82. The van der Waals surface area contributed by atoms with Crippen LogP contribution in [-0.2, 0) is 11.0 Å². The highest BCUT2D eigenvalue weighted by molar-refractivity contribution is 6.74. The quantitative estimate of drug-likeness (QED) is 0.828. The fraction of sp³-hybridized carbons (Fsp3) is 0.444. The van der Waals surface area contributed by atoms with Crippen LogP contribution in [0.3, 0.4) is 0 Å². The Morgan fingerprint density at radius 3 is 2.36 bits per heavy atom. The van der Waals surface area contributed by atoms with Gasteiger partial charge < -0.3 is 15.1 Å². The maximum atomic E-state index is 6.42. The zero-order chi connectivity index (χ0) is 16.4. The van der Waals surface area contributed by atoms with Gasteiger partial charge in [-0.05, 0) is 23.7 Å². The van der Waals surface area contributed by atoms with Crippen LogP contribution >= 0.6 is 0 Å². The van der Waals surface area contributed by atoms with Crippen molar-refractivity contribution in [3.05, 3.63) is 59.8 Å². The van der Waals surface area contributed by atoms with Crippen molar-refractivity contribution >= 4 is 8.32 Å². The maximum Gasteiger partial charge on any atom is 0.250 e. The average Bonchev–Trinajstić information content (AvgIpc) is 2.37. The van der Waals surface area contributed by atoms with E-state index < -0.39 is 8.32 Å². The van der Waals surface area contributed by atoms with Crippen LogP contribution in [0.15, 0.2) is 54.2 Å². The first-order valence-corrected chi connectivity index (χ1v) is 10.7. The van der Waals surface area contributed by atoms with Crippen LogP contribution in [0, 0.1) is 0 Å². The van der Waals surface area contributed by atoms with Crippen LogP contribution in [0.1, 0.15) is 32.8 Å². The predicted octanol–water partition coefficient (Wildman–Crippen LogP) is 4.56. The van der Waals surface area contributed by atoms with Crippen molar-refractivity contribution in [3.63, 3.8) is 0 Å². The number of benzene rings is 1. The summed E-state index contributed by atoms with van der Waals surface area (Å²) in [6, 6.07) is 10.4. The first-order valence-electron chi connectivity index (χ1n) is 7.83. The molecule has 0 aliphatic carbocycles. The summed E-state index contributed by atoms with van der Waals surface area (Å²) < 4.78 is 6.42. The molecular weight excluding hydrogens is 288 g/mol. The molecule has 1 aliphatic rings. The molecule has 0 amide bonds. The van der Waals surface area contributed by atoms with E-state index in [0.717, 1.165) is 18.0 Å². The van der Waals surface area contributed by atoms with Gasteiger partial charge >= 0.3 is 0 Å². The fourth-order valence-electron chi connectivity index (χ4n) is 2.16. The number of hydrogen-bond acceptors (Lipinski definition) is 3. The molecule has 0 saturated heterocycles. The lowest BCUT2D eigenvalue weighted by molar-refractivity contribution is 0.343. The van der Waals surface area contributed by atoms with Crippen LogP contribution in [0.5, 0.6) is 0 Å². The summed E-state index contributed by atoms with van der Waals surface area (Å²) in [5, 5.41) is 0.189. The van der Waals surface area contributed by atoms with Gasteiger partial charge in [-0.25, -0.2) is 0 Å². The molecule has 0 bridgehead atoms. The summed E-state index contributed by atoms with van der Waals surface area (Å²) in [5.74, 6) is 0.988. The third kappa shape index (κ3) is 4.16. The van der Waals surface area contributed by atoms with E-state index in [0.29, 0.717) is 6.42 Å². The maximum absolute atomic E-state index is 6.42. The fourth-order valence-corrected chi connectivity index (χ4v) is 3.24. The molecule has 3 nitrogen and oxygen atoms in total. The lowest BCUT2D eigenvalue weighted by Crippen LogP contribution is -2.41.